The number of carbonyl (C=O) groups excluding carboxylic acids is 1. The molecule has 202 valence electrons. The molecule has 0 aliphatic carbocycles. The lowest BCUT2D eigenvalue weighted by atomic mass is 10.0. The molecule has 0 saturated carbocycles. The van der Waals surface area contributed by atoms with Crippen molar-refractivity contribution in [2.45, 2.75) is 174 Å². The maximum absolute atomic E-state index is 11.8. The standard InChI is InChI=1S/C30H58O4/c1-2-3-4-5-6-7-8-9-12-15-18-21-24-27-30(33)34-28-25-22-19-16-13-10-11-14-17-20-23-26-29(31)32/h2-28H2,1H3,(H,31,32). The molecule has 0 bridgehead atoms. The van der Waals surface area contributed by atoms with Crippen LogP contribution in [0.4, 0.5) is 0 Å². The Morgan fingerprint density at radius 3 is 1.18 bits per heavy atom. The van der Waals surface area contributed by atoms with E-state index in [1.54, 1.807) is 0 Å². The third-order valence-electron chi connectivity index (χ3n) is 6.78. The molecule has 0 aromatic rings. The zero-order chi connectivity index (χ0) is 25.0. The van der Waals surface area contributed by atoms with Crippen molar-refractivity contribution in [2.24, 2.45) is 0 Å². The molecule has 0 unspecified atom stereocenters. The number of hydrogen-bond donors (Lipinski definition) is 1. The predicted molar refractivity (Wildman–Crippen MR) is 144 cm³/mol. The first kappa shape index (κ1) is 32.9. The Bertz CT molecular complexity index is 436. The predicted octanol–water partition coefficient (Wildman–Crippen LogP) is 9.78. The second-order valence-electron chi connectivity index (χ2n) is 10.2. The SMILES string of the molecule is CCCCCCCCCCCCCCCC(=O)OCCCCCCCCCCCCCC(=O)O. The zero-order valence-corrected chi connectivity index (χ0v) is 22.8. The molecule has 0 aromatic carbocycles. The summed E-state index contributed by atoms with van der Waals surface area (Å²) in [5.41, 5.74) is 0. The van der Waals surface area contributed by atoms with E-state index >= 15 is 0 Å². The zero-order valence-electron chi connectivity index (χ0n) is 22.8. The van der Waals surface area contributed by atoms with Gasteiger partial charge in [-0.2, -0.15) is 0 Å². The topological polar surface area (TPSA) is 63.6 Å². The molecule has 0 aliphatic rings. The summed E-state index contributed by atoms with van der Waals surface area (Å²) in [7, 11) is 0. The number of unbranched alkanes of at least 4 members (excludes halogenated alkanes) is 22. The molecule has 0 saturated heterocycles. The fourth-order valence-corrected chi connectivity index (χ4v) is 4.51. The number of aliphatic carboxylic acids is 1. The third-order valence-corrected chi connectivity index (χ3v) is 6.78. The van der Waals surface area contributed by atoms with Crippen LogP contribution in [0.25, 0.3) is 0 Å². The molecule has 34 heavy (non-hydrogen) atoms. The van der Waals surface area contributed by atoms with Gasteiger partial charge in [0.15, 0.2) is 0 Å². The summed E-state index contributed by atoms with van der Waals surface area (Å²) >= 11 is 0. The number of hydrogen-bond acceptors (Lipinski definition) is 3. The molecule has 0 heterocycles. The van der Waals surface area contributed by atoms with Crippen LogP contribution in [-0.4, -0.2) is 23.7 Å². The monoisotopic (exact) mass is 482 g/mol. The highest BCUT2D eigenvalue weighted by molar-refractivity contribution is 5.69. The first-order valence-corrected chi connectivity index (χ1v) is 15.0. The van der Waals surface area contributed by atoms with Crippen molar-refractivity contribution in [2.75, 3.05) is 6.61 Å². The molecule has 0 aliphatic heterocycles. The fourth-order valence-electron chi connectivity index (χ4n) is 4.51. The molecule has 0 amide bonds. The molecule has 0 aromatic heterocycles. The van der Waals surface area contributed by atoms with Gasteiger partial charge in [-0.15, -0.1) is 0 Å². The number of ether oxygens (including phenoxy) is 1. The maximum atomic E-state index is 11.8. The van der Waals surface area contributed by atoms with Crippen molar-refractivity contribution in [3.63, 3.8) is 0 Å². The van der Waals surface area contributed by atoms with Crippen molar-refractivity contribution >= 4 is 11.9 Å². The second kappa shape index (κ2) is 28.2. The van der Waals surface area contributed by atoms with Crippen LogP contribution in [0.15, 0.2) is 0 Å². The van der Waals surface area contributed by atoms with Crippen LogP contribution in [0.5, 0.6) is 0 Å². The molecule has 4 nitrogen and oxygen atoms in total. The van der Waals surface area contributed by atoms with E-state index < -0.39 is 5.97 Å². The molecule has 0 atom stereocenters. The third kappa shape index (κ3) is 29.0. The van der Waals surface area contributed by atoms with Gasteiger partial charge in [0.25, 0.3) is 0 Å². The highest BCUT2D eigenvalue weighted by Gasteiger charge is 2.03. The van der Waals surface area contributed by atoms with Gasteiger partial charge in [0, 0.05) is 12.8 Å². The Kier molecular flexibility index (Phi) is 27.3. The van der Waals surface area contributed by atoms with E-state index in [-0.39, 0.29) is 5.97 Å². The minimum Gasteiger partial charge on any atom is -0.481 e. The lowest BCUT2D eigenvalue weighted by molar-refractivity contribution is -0.144. The minimum atomic E-state index is -0.676. The van der Waals surface area contributed by atoms with Gasteiger partial charge in [-0.3, -0.25) is 9.59 Å². The number of carboxylic acids is 1. The largest absolute Gasteiger partial charge is 0.481 e. The molecule has 1 N–H and O–H groups in total. The fraction of sp³-hybridized carbons (Fsp3) is 0.933. The molecule has 0 fully saturated rings. The summed E-state index contributed by atoms with van der Waals surface area (Å²) in [5, 5.41) is 8.60. The van der Waals surface area contributed by atoms with E-state index in [1.807, 2.05) is 0 Å². The van der Waals surface area contributed by atoms with E-state index in [0.29, 0.717) is 19.4 Å². The molecule has 0 spiro atoms. The van der Waals surface area contributed by atoms with Crippen LogP contribution in [0, 0.1) is 0 Å². The van der Waals surface area contributed by atoms with Crippen molar-refractivity contribution < 1.29 is 19.4 Å². The Balaban J connectivity index is 3.15. The Morgan fingerprint density at radius 2 is 0.794 bits per heavy atom. The van der Waals surface area contributed by atoms with Gasteiger partial charge in [0.2, 0.25) is 0 Å². The van der Waals surface area contributed by atoms with E-state index in [9.17, 15) is 9.59 Å². The Hall–Kier alpha value is -1.06. The number of carboxylic acid groups (broad SMARTS) is 1. The maximum Gasteiger partial charge on any atom is 0.305 e. The van der Waals surface area contributed by atoms with Crippen LogP contribution in [0.3, 0.4) is 0 Å². The van der Waals surface area contributed by atoms with Gasteiger partial charge in [-0.05, 0) is 19.3 Å². The lowest BCUT2D eigenvalue weighted by Crippen LogP contribution is -2.05. The van der Waals surface area contributed by atoms with Crippen LogP contribution in [0.1, 0.15) is 174 Å². The van der Waals surface area contributed by atoms with Crippen molar-refractivity contribution in [1.29, 1.82) is 0 Å². The summed E-state index contributed by atoms with van der Waals surface area (Å²) in [6.45, 7) is 2.86. The van der Waals surface area contributed by atoms with Crippen molar-refractivity contribution in [3.8, 4) is 0 Å². The summed E-state index contributed by atoms with van der Waals surface area (Å²) in [6, 6.07) is 0. The van der Waals surface area contributed by atoms with Gasteiger partial charge in [-0.1, -0.05) is 142 Å². The quantitative estimate of drug-likeness (QED) is 0.0890. The van der Waals surface area contributed by atoms with Gasteiger partial charge in [-0.25, -0.2) is 0 Å². The molecule has 4 heteroatoms. The summed E-state index contributed by atoms with van der Waals surface area (Å²) in [5.74, 6) is -0.684. The summed E-state index contributed by atoms with van der Waals surface area (Å²) in [6.07, 6.45) is 30.9. The number of rotatable bonds is 28. The smallest absolute Gasteiger partial charge is 0.305 e. The first-order chi connectivity index (χ1) is 16.7. The van der Waals surface area contributed by atoms with Crippen LogP contribution >= 0.6 is 0 Å². The Morgan fingerprint density at radius 1 is 0.471 bits per heavy atom. The van der Waals surface area contributed by atoms with E-state index in [2.05, 4.69) is 6.92 Å². The average Bonchev–Trinajstić information content (AvgIpc) is 2.82. The molecule has 0 radical (unpaired) electrons. The van der Waals surface area contributed by atoms with E-state index in [4.69, 9.17) is 9.84 Å². The highest BCUT2D eigenvalue weighted by atomic mass is 16.5. The van der Waals surface area contributed by atoms with Crippen molar-refractivity contribution in [3.05, 3.63) is 0 Å². The van der Waals surface area contributed by atoms with Gasteiger partial charge < -0.3 is 9.84 Å². The lowest BCUT2D eigenvalue weighted by Gasteiger charge is -2.06. The highest BCUT2D eigenvalue weighted by Crippen LogP contribution is 2.14. The number of carbonyl (C=O) groups is 2. The Labute approximate surface area is 212 Å². The minimum absolute atomic E-state index is 0.00794. The van der Waals surface area contributed by atoms with Gasteiger partial charge in [0.1, 0.15) is 0 Å². The van der Waals surface area contributed by atoms with Gasteiger partial charge in [0.05, 0.1) is 6.61 Å². The molecular weight excluding hydrogens is 424 g/mol. The van der Waals surface area contributed by atoms with Crippen LogP contribution < -0.4 is 0 Å². The van der Waals surface area contributed by atoms with Crippen molar-refractivity contribution in [1.82, 2.24) is 0 Å². The average molecular weight is 483 g/mol. The molecular formula is C30H58O4. The summed E-state index contributed by atoms with van der Waals surface area (Å²) < 4.78 is 5.38. The second-order valence-corrected chi connectivity index (χ2v) is 10.2. The number of esters is 1. The van der Waals surface area contributed by atoms with Crippen LogP contribution in [0.2, 0.25) is 0 Å². The van der Waals surface area contributed by atoms with E-state index in [1.165, 1.54) is 109 Å². The van der Waals surface area contributed by atoms with Gasteiger partial charge >= 0.3 is 11.9 Å². The molecule has 0 rings (SSSR count). The van der Waals surface area contributed by atoms with Crippen LogP contribution in [-0.2, 0) is 14.3 Å². The normalized spacial score (nSPS) is 11.1. The van der Waals surface area contributed by atoms with E-state index in [0.717, 1.165) is 44.9 Å². The first-order valence-electron chi connectivity index (χ1n) is 15.0. The summed E-state index contributed by atoms with van der Waals surface area (Å²) in [4.78, 5) is 22.3.